The number of carbonyl (C=O) groups is 3. The Morgan fingerprint density at radius 3 is 1.78 bits per heavy atom. The second-order valence-electron chi connectivity index (χ2n) is 9.34. The standard InChI is InChI=1S/C30H35N3O4/c1-22(2)18-26(33-30(36)37-21-25-16-10-5-11-17-25)29(35)32-27(19-23-12-6-3-7-13-23)28(34)31-20-24-14-8-4-9-15-24/h3-17,22,26-27H,18-21H2,1-2H3,(H,31,34)(H,32,35)(H,33,36)/t26-,27-/m0/s1. The second kappa shape index (κ2) is 14.4. The van der Waals surface area contributed by atoms with Crippen molar-refractivity contribution in [3.63, 3.8) is 0 Å². The minimum Gasteiger partial charge on any atom is -0.445 e. The lowest BCUT2D eigenvalue weighted by Crippen LogP contribution is -2.54. The average Bonchev–Trinajstić information content (AvgIpc) is 2.91. The Bertz CT molecular complexity index is 1120. The van der Waals surface area contributed by atoms with E-state index < -0.39 is 24.1 Å². The lowest BCUT2D eigenvalue weighted by atomic mass is 10.0. The molecule has 0 aliphatic heterocycles. The van der Waals surface area contributed by atoms with Gasteiger partial charge in [0, 0.05) is 13.0 Å². The Labute approximate surface area is 218 Å². The van der Waals surface area contributed by atoms with E-state index in [1.807, 2.05) is 105 Å². The first-order valence-electron chi connectivity index (χ1n) is 12.5. The van der Waals surface area contributed by atoms with Crippen LogP contribution >= 0.6 is 0 Å². The fourth-order valence-electron chi connectivity index (χ4n) is 3.85. The lowest BCUT2D eigenvalue weighted by Gasteiger charge is -2.24. The molecule has 2 atom stereocenters. The van der Waals surface area contributed by atoms with Crippen LogP contribution in [0.4, 0.5) is 4.79 Å². The third-order valence-corrected chi connectivity index (χ3v) is 5.75. The maximum Gasteiger partial charge on any atom is 0.408 e. The summed E-state index contributed by atoms with van der Waals surface area (Å²) in [5, 5.41) is 8.46. The summed E-state index contributed by atoms with van der Waals surface area (Å²) < 4.78 is 5.32. The molecule has 0 spiro atoms. The molecule has 194 valence electrons. The molecule has 0 radical (unpaired) electrons. The summed E-state index contributed by atoms with van der Waals surface area (Å²) in [4.78, 5) is 38.9. The van der Waals surface area contributed by atoms with Crippen molar-refractivity contribution in [2.45, 2.75) is 51.9 Å². The van der Waals surface area contributed by atoms with Crippen molar-refractivity contribution in [3.8, 4) is 0 Å². The first-order chi connectivity index (χ1) is 17.9. The highest BCUT2D eigenvalue weighted by Gasteiger charge is 2.28. The Morgan fingerprint density at radius 1 is 0.676 bits per heavy atom. The molecule has 0 bridgehead atoms. The summed E-state index contributed by atoms with van der Waals surface area (Å²) in [7, 11) is 0. The molecule has 3 amide bonds. The van der Waals surface area contributed by atoms with Crippen LogP contribution in [0.5, 0.6) is 0 Å². The zero-order chi connectivity index (χ0) is 26.5. The molecule has 3 rings (SSSR count). The molecule has 0 saturated carbocycles. The van der Waals surface area contributed by atoms with Crippen molar-refractivity contribution < 1.29 is 19.1 Å². The average molecular weight is 502 g/mol. The monoisotopic (exact) mass is 501 g/mol. The van der Waals surface area contributed by atoms with Gasteiger partial charge in [0.25, 0.3) is 0 Å². The van der Waals surface area contributed by atoms with Gasteiger partial charge in [-0.1, -0.05) is 105 Å². The molecule has 0 unspecified atom stereocenters. The first kappa shape index (κ1) is 27.5. The lowest BCUT2D eigenvalue weighted by molar-refractivity contribution is -0.130. The summed E-state index contributed by atoms with van der Waals surface area (Å²) in [5.41, 5.74) is 2.72. The molecule has 7 heteroatoms. The van der Waals surface area contributed by atoms with Gasteiger partial charge in [0.2, 0.25) is 11.8 Å². The van der Waals surface area contributed by atoms with E-state index in [2.05, 4.69) is 16.0 Å². The van der Waals surface area contributed by atoms with E-state index in [1.165, 1.54) is 0 Å². The van der Waals surface area contributed by atoms with Gasteiger partial charge < -0.3 is 20.7 Å². The van der Waals surface area contributed by atoms with Crippen LogP contribution in [-0.2, 0) is 33.9 Å². The molecule has 0 heterocycles. The van der Waals surface area contributed by atoms with Gasteiger partial charge in [0.15, 0.2) is 0 Å². The summed E-state index contributed by atoms with van der Waals surface area (Å²) >= 11 is 0. The summed E-state index contributed by atoms with van der Waals surface area (Å²) in [6.45, 7) is 4.37. The van der Waals surface area contributed by atoms with Gasteiger partial charge in [0.05, 0.1) is 0 Å². The van der Waals surface area contributed by atoms with E-state index in [0.717, 1.165) is 16.7 Å². The largest absolute Gasteiger partial charge is 0.445 e. The Hall–Kier alpha value is -4.13. The van der Waals surface area contributed by atoms with Crippen molar-refractivity contribution in [1.29, 1.82) is 0 Å². The van der Waals surface area contributed by atoms with E-state index in [9.17, 15) is 14.4 Å². The van der Waals surface area contributed by atoms with E-state index >= 15 is 0 Å². The molecule has 0 saturated heterocycles. The van der Waals surface area contributed by atoms with Crippen LogP contribution in [0.15, 0.2) is 91.0 Å². The number of alkyl carbamates (subject to hydrolysis) is 1. The topological polar surface area (TPSA) is 96.5 Å². The second-order valence-corrected chi connectivity index (χ2v) is 9.34. The summed E-state index contributed by atoms with van der Waals surface area (Å²) in [6.07, 6.45) is 0.0357. The number of ether oxygens (including phenoxy) is 1. The van der Waals surface area contributed by atoms with Crippen LogP contribution in [0.1, 0.15) is 37.0 Å². The minimum absolute atomic E-state index is 0.0984. The molecule has 0 aliphatic carbocycles. The first-order valence-corrected chi connectivity index (χ1v) is 12.5. The van der Waals surface area contributed by atoms with Crippen molar-refractivity contribution in [1.82, 2.24) is 16.0 Å². The molecule has 7 nitrogen and oxygen atoms in total. The molecule has 0 aliphatic rings. The van der Waals surface area contributed by atoms with Gasteiger partial charge in [-0.2, -0.15) is 0 Å². The van der Waals surface area contributed by atoms with Crippen LogP contribution < -0.4 is 16.0 Å². The highest BCUT2D eigenvalue weighted by molar-refractivity contribution is 5.91. The van der Waals surface area contributed by atoms with Gasteiger partial charge in [-0.3, -0.25) is 9.59 Å². The summed E-state index contributed by atoms with van der Waals surface area (Å²) in [5.74, 6) is -0.596. The van der Waals surface area contributed by atoms with Crippen LogP contribution in [0.25, 0.3) is 0 Å². The third-order valence-electron chi connectivity index (χ3n) is 5.75. The van der Waals surface area contributed by atoms with E-state index in [-0.39, 0.29) is 18.4 Å². The van der Waals surface area contributed by atoms with Gasteiger partial charge >= 0.3 is 6.09 Å². The molecule has 3 aromatic carbocycles. The van der Waals surface area contributed by atoms with Crippen LogP contribution in [-0.4, -0.2) is 30.0 Å². The number of nitrogens with one attached hydrogen (secondary N) is 3. The van der Waals surface area contributed by atoms with Crippen molar-refractivity contribution >= 4 is 17.9 Å². The maximum atomic E-state index is 13.3. The van der Waals surface area contributed by atoms with Crippen LogP contribution in [0.3, 0.4) is 0 Å². The number of carbonyl (C=O) groups excluding carboxylic acids is 3. The van der Waals surface area contributed by atoms with Crippen LogP contribution in [0, 0.1) is 5.92 Å². The molecule has 37 heavy (non-hydrogen) atoms. The molecular weight excluding hydrogens is 466 g/mol. The minimum atomic E-state index is -0.844. The normalized spacial score (nSPS) is 12.3. The molecule has 3 aromatic rings. The fourth-order valence-corrected chi connectivity index (χ4v) is 3.85. The zero-order valence-electron chi connectivity index (χ0n) is 21.4. The highest BCUT2D eigenvalue weighted by Crippen LogP contribution is 2.09. The smallest absolute Gasteiger partial charge is 0.408 e. The number of hydrogen-bond donors (Lipinski definition) is 3. The predicted molar refractivity (Wildman–Crippen MR) is 143 cm³/mol. The Morgan fingerprint density at radius 2 is 1.22 bits per heavy atom. The van der Waals surface area contributed by atoms with E-state index in [1.54, 1.807) is 0 Å². The third kappa shape index (κ3) is 9.80. The van der Waals surface area contributed by atoms with Gasteiger partial charge in [-0.25, -0.2) is 4.79 Å². The van der Waals surface area contributed by atoms with Gasteiger partial charge in [0.1, 0.15) is 18.7 Å². The molecular formula is C30H35N3O4. The molecule has 3 N–H and O–H groups in total. The van der Waals surface area contributed by atoms with E-state index in [4.69, 9.17) is 4.74 Å². The highest BCUT2D eigenvalue weighted by atomic mass is 16.5. The Kier molecular flexibility index (Phi) is 10.7. The Balaban J connectivity index is 1.66. The quantitative estimate of drug-likeness (QED) is 0.343. The van der Waals surface area contributed by atoms with E-state index in [0.29, 0.717) is 19.4 Å². The predicted octanol–water partition coefficient (Wildman–Crippen LogP) is 4.37. The molecule has 0 aromatic heterocycles. The molecule has 0 fully saturated rings. The summed E-state index contributed by atoms with van der Waals surface area (Å²) in [6, 6.07) is 26.7. The number of benzene rings is 3. The van der Waals surface area contributed by atoms with Gasteiger partial charge in [-0.05, 0) is 29.0 Å². The SMILES string of the molecule is CC(C)C[C@H](NC(=O)OCc1ccccc1)C(=O)N[C@@H](Cc1ccccc1)C(=O)NCc1ccccc1. The fraction of sp³-hybridized carbons (Fsp3) is 0.300. The maximum absolute atomic E-state index is 13.3. The number of amides is 3. The van der Waals surface area contributed by atoms with Gasteiger partial charge in [-0.15, -0.1) is 0 Å². The van der Waals surface area contributed by atoms with Crippen molar-refractivity contribution in [2.24, 2.45) is 5.92 Å². The van der Waals surface area contributed by atoms with Crippen LogP contribution in [0.2, 0.25) is 0 Å². The number of rotatable bonds is 12. The van der Waals surface area contributed by atoms with Crippen molar-refractivity contribution in [2.75, 3.05) is 0 Å². The van der Waals surface area contributed by atoms with Crippen molar-refractivity contribution in [3.05, 3.63) is 108 Å². The number of hydrogen-bond acceptors (Lipinski definition) is 4. The zero-order valence-corrected chi connectivity index (χ0v) is 21.4.